The van der Waals surface area contributed by atoms with Gasteiger partial charge in [-0.25, -0.2) is 0 Å². The van der Waals surface area contributed by atoms with Gasteiger partial charge in [0.15, 0.2) is 0 Å². The quantitative estimate of drug-likeness (QED) is 0.166. The van der Waals surface area contributed by atoms with Gasteiger partial charge in [0.05, 0.1) is 5.58 Å². The summed E-state index contributed by atoms with van der Waals surface area (Å²) in [6.07, 6.45) is 1.15. The van der Waals surface area contributed by atoms with Gasteiger partial charge in [-0.3, -0.25) is 0 Å². The topological polar surface area (TPSA) is 38.9 Å². The molecular weight excluding hydrogens is 801 g/mol. The second kappa shape index (κ2) is 15.1. The Morgan fingerprint density at radius 2 is 1.49 bits per heavy atom. The molecule has 0 fully saturated rings. The van der Waals surface area contributed by atoms with Crippen molar-refractivity contribution in [3.05, 3.63) is 143 Å². The van der Waals surface area contributed by atoms with Crippen LogP contribution in [0.2, 0.25) is 0 Å². The Bertz CT molecular complexity index is 2750. The first kappa shape index (κ1) is 23.2. The van der Waals surface area contributed by atoms with Crippen molar-refractivity contribution in [2.24, 2.45) is 5.41 Å². The average molecular weight is 863 g/mol. The Morgan fingerprint density at radius 3 is 2.16 bits per heavy atom. The van der Waals surface area contributed by atoms with Gasteiger partial charge in [0.2, 0.25) is 0 Å². The first-order chi connectivity index (χ1) is 29.3. The van der Waals surface area contributed by atoms with E-state index in [4.69, 9.17) is 23.6 Å². The first-order valence-corrected chi connectivity index (χ1v) is 16.3. The van der Waals surface area contributed by atoms with Crippen LogP contribution in [0, 0.1) is 45.0 Å². The SMILES string of the molecule is [2H]C([2H])([2H])c1c[c-]c(-c2ccc(C(C)(C)C)cn2)cc1.[2H]C([2H])([2H])c1cnc(-c2[c-]ccc3c2oc2c(C([2H])([2H])[2H])cccc23)cc1-c1ccc(C([2H])([2H])C(C)(C)C)cc1C([2H])([2H])[2H].[Ir]. The van der Waals surface area contributed by atoms with Gasteiger partial charge in [-0.2, -0.15) is 0 Å². The Kier molecular flexibility index (Phi) is 6.87. The molecule has 0 atom stereocenters. The van der Waals surface area contributed by atoms with Crippen molar-refractivity contribution in [1.29, 1.82) is 0 Å². The van der Waals surface area contributed by atoms with E-state index in [1.165, 1.54) is 48.2 Å². The molecule has 7 rings (SSSR count). The molecule has 51 heavy (non-hydrogen) atoms. The van der Waals surface area contributed by atoms with Gasteiger partial charge in [0.1, 0.15) is 5.58 Å². The Morgan fingerprint density at radius 1 is 0.706 bits per heavy atom. The zero-order valence-corrected chi connectivity index (χ0v) is 31.8. The van der Waals surface area contributed by atoms with Crippen LogP contribution in [-0.4, -0.2) is 9.97 Å². The maximum absolute atomic E-state index is 8.69. The summed E-state index contributed by atoms with van der Waals surface area (Å²) in [5.41, 5.74) is 3.37. The van der Waals surface area contributed by atoms with Gasteiger partial charge in [-0.15, -0.1) is 53.6 Å². The van der Waals surface area contributed by atoms with Gasteiger partial charge in [-0.1, -0.05) is 114 Å². The number of aryl methyl sites for hydroxylation is 4. The molecule has 263 valence electrons. The number of nitrogens with zero attached hydrogens (tertiary/aromatic N) is 2. The van der Waals surface area contributed by atoms with E-state index in [1.807, 2.05) is 18.3 Å². The number of rotatable bonds is 4. The normalized spacial score (nSPS) is 17.0. The van der Waals surface area contributed by atoms with Gasteiger partial charge in [0.25, 0.3) is 0 Å². The zero-order valence-electron chi connectivity index (χ0n) is 43.4. The van der Waals surface area contributed by atoms with E-state index < -0.39 is 39.2 Å². The fraction of sp³-hybridized carbons (Fsp3) is 0.277. The molecule has 4 aromatic carbocycles. The standard InChI is InChI=1S/C31H30NO.C16H18N.Ir/c1-19-9-7-10-24-25-11-8-12-26(30(25)33-29(19)24)28-16-27(21(3)18-32-28)23-14-13-22(15-20(23)2)17-31(4,5)6;1-12-5-7-13(8-6-12)15-10-9-14(11-17-15)16(2,3)4;/h7-11,13-16,18H,17H2,1-6H3;5-7,9-11H,1-4H3;/q2*-1;/i1D3,2D3,3D3,17D2;1D3;. The monoisotopic (exact) mass is 863 g/mol. The van der Waals surface area contributed by atoms with Crippen molar-refractivity contribution < 1.29 is 43.7 Å². The summed E-state index contributed by atoms with van der Waals surface area (Å²) in [6, 6.07) is 28.9. The maximum Gasteiger partial charge on any atom is 0.123 e. The molecule has 0 aliphatic heterocycles. The van der Waals surface area contributed by atoms with Gasteiger partial charge in [0, 0.05) is 57.1 Å². The molecule has 0 saturated heterocycles. The number of pyridine rings is 2. The van der Waals surface area contributed by atoms with Crippen molar-refractivity contribution >= 4 is 21.9 Å². The summed E-state index contributed by atoms with van der Waals surface area (Å²) >= 11 is 0. The molecule has 0 aliphatic carbocycles. The summed E-state index contributed by atoms with van der Waals surface area (Å²) in [5, 5.41) is 1.19. The Hall–Kier alpha value is -4.37. The molecule has 0 aliphatic rings. The predicted octanol–water partition coefficient (Wildman–Crippen LogP) is 12.8. The predicted molar refractivity (Wildman–Crippen MR) is 211 cm³/mol. The van der Waals surface area contributed by atoms with E-state index in [1.54, 1.807) is 57.2 Å². The molecular formula is C47H48IrN2O-2. The third kappa shape index (κ3) is 8.58. The summed E-state index contributed by atoms with van der Waals surface area (Å²) in [6.45, 7) is 1.70. The molecule has 3 heterocycles. The molecule has 3 aromatic heterocycles. The van der Waals surface area contributed by atoms with Crippen LogP contribution in [0.1, 0.15) is 94.1 Å². The Balaban J connectivity index is 0.000000317. The molecule has 7 aromatic rings. The van der Waals surface area contributed by atoms with E-state index in [0.29, 0.717) is 27.5 Å². The van der Waals surface area contributed by atoms with Gasteiger partial charge in [-0.05, 0) is 88.1 Å². The van der Waals surface area contributed by atoms with Crippen molar-refractivity contribution in [2.75, 3.05) is 0 Å². The molecule has 0 amide bonds. The molecule has 3 nitrogen and oxygen atoms in total. The summed E-state index contributed by atoms with van der Waals surface area (Å²) in [7, 11) is 0. The molecule has 0 N–H and O–H groups in total. The number of fused-ring (bicyclic) bond motifs is 3. The molecule has 1 radical (unpaired) electrons. The second-order valence-electron chi connectivity index (χ2n) is 14.3. The Labute approximate surface area is 337 Å². The van der Waals surface area contributed by atoms with Gasteiger partial charge < -0.3 is 14.4 Å². The van der Waals surface area contributed by atoms with Crippen LogP contribution >= 0.6 is 0 Å². The second-order valence-corrected chi connectivity index (χ2v) is 14.3. The number of benzene rings is 4. The van der Waals surface area contributed by atoms with Crippen LogP contribution in [0.15, 0.2) is 102 Å². The number of furan rings is 1. The van der Waals surface area contributed by atoms with Crippen molar-refractivity contribution in [1.82, 2.24) is 9.97 Å². The van der Waals surface area contributed by atoms with E-state index in [9.17, 15) is 0 Å². The van der Waals surface area contributed by atoms with Crippen LogP contribution in [-0.2, 0) is 31.9 Å². The summed E-state index contributed by atoms with van der Waals surface area (Å²) in [5.74, 6) is 0. The van der Waals surface area contributed by atoms with Crippen LogP contribution in [0.3, 0.4) is 0 Å². The minimum atomic E-state index is -2.70. The zero-order chi connectivity index (χ0) is 47.6. The van der Waals surface area contributed by atoms with Crippen molar-refractivity contribution in [2.45, 2.75) is 80.7 Å². The molecule has 0 spiro atoms. The summed E-state index contributed by atoms with van der Waals surface area (Å²) in [4.78, 5) is 8.85. The number of aromatic nitrogens is 2. The number of para-hydroxylation sites is 1. The van der Waals surface area contributed by atoms with Crippen LogP contribution < -0.4 is 0 Å². The molecule has 0 bridgehead atoms. The van der Waals surface area contributed by atoms with Crippen LogP contribution in [0.5, 0.6) is 0 Å². The minimum Gasteiger partial charge on any atom is -0.500 e. The van der Waals surface area contributed by atoms with E-state index in [0.717, 1.165) is 11.3 Å². The summed E-state index contributed by atoms with van der Waals surface area (Å²) < 4.78 is 119. The smallest absolute Gasteiger partial charge is 0.123 e. The first-order valence-electron chi connectivity index (χ1n) is 23.3. The number of hydrogen-bond acceptors (Lipinski definition) is 3. The fourth-order valence-corrected chi connectivity index (χ4v) is 5.64. The van der Waals surface area contributed by atoms with Crippen LogP contribution in [0.25, 0.3) is 55.6 Å². The third-order valence-corrected chi connectivity index (χ3v) is 8.17. The number of hydrogen-bond donors (Lipinski definition) is 0. The van der Waals surface area contributed by atoms with Gasteiger partial charge >= 0.3 is 0 Å². The van der Waals surface area contributed by atoms with Crippen LogP contribution in [0.4, 0.5) is 0 Å². The average Bonchev–Trinajstić information content (AvgIpc) is 3.58. The fourth-order valence-electron chi connectivity index (χ4n) is 5.64. The third-order valence-electron chi connectivity index (χ3n) is 8.17. The van der Waals surface area contributed by atoms with Crippen molar-refractivity contribution in [3.63, 3.8) is 0 Å². The van der Waals surface area contributed by atoms with E-state index >= 15 is 0 Å². The van der Waals surface area contributed by atoms with E-state index in [-0.39, 0.29) is 70.2 Å². The maximum atomic E-state index is 8.69. The molecule has 4 heteroatoms. The molecule has 0 saturated carbocycles. The van der Waals surface area contributed by atoms with E-state index in [2.05, 4.69) is 42.9 Å². The largest absolute Gasteiger partial charge is 0.500 e. The minimum absolute atomic E-state index is 0. The van der Waals surface area contributed by atoms with Crippen molar-refractivity contribution in [3.8, 4) is 33.6 Å². The molecule has 0 unspecified atom stereocenters.